The summed E-state index contributed by atoms with van der Waals surface area (Å²) >= 11 is 0. The Morgan fingerprint density at radius 2 is 1.92 bits per heavy atom. The van der Waals surface area contributed by atoms with Crippen molar-refractivity contribution in [2.45, 2.75) is 32.9 Å². The first-order chi connectivity index (χ1) is 11.7. The van der Waals surface area contributed by atoms with Gasteiger partial charge in [0.1, 0.15) is 5.58 Å². The minimum Gasteiger partial charge on any atom is -0.423 e. The first kappa shape index (κ1) is 15.2. The lowest BCUT2D eigenvalue weighted by Gasteiger charge is -2.29. The van der Waals surface area contributed by atoms with E-state index in [1.54, 1.807) is 6.07 Å². The third-order valence-electron chi connectivity index (χ3n) is 4.90. The van der Waals surface area contributed by atoms with Crippen LogP contribution in [0.1, 0.15) is 29.2 Å². The highest BCUT2D eigenvalue weighted by atomic mass is 16.4. The smallest absolute Gasteiger partial charge is 0.336 e. The van der Waals surface area contributed by atoms with E-state index >= 15 is 0 Å². The van der Waals surface area contributed by atoms with Crippen LogP contribution in [-0.2, 0) is 25.9 Å². The van der Waals surface area contributed by atoms with Gasteiger partial charge in [-0.1, -0.05) is 37.3 Å². The summed E-state index contributed by atoms with van der Waals surface area (Å²) in [6, 6.07) is 16.4. The third kappa shape index (κ3) is 2.87. The van der Waals surface area contributed by atoms with Crippen molar-refractivity contribution in [1.29, 1.82) is 0 Å². The second-order valence-electron chi connectivity index (χ2n) is 6.50. The van der Waals surface area contributed by atoms with Crippen molar-refractivity contribution in [3.05, 3.63) is 81.2 Å². The molecule has 0 bridgehead atoms. The number of rotatable bonds is 3. The lowest BCUT2D eigenvalue weighted by atomic mass is 9.99. The lowest BCUT2D eigenvalue weighted by molar-refractivity contribution is 0.246. The van der Waals surface area contributed by atoms with Crippen LogP contribution < -0.4 is 5.63 Å². The molecular weight excluding hydrogens is 298 g/mol. The average molecular weight is 319 g/mol. The zero-order valence-electron chi connectivity index (χ0n) is 13.9. The Morgan fingerprint density at radius 3 is 2.75 bits per heavy atom. The summed E-state index contributed by atoms with van der Waals surface area (Å²) < 4.78 is 5.37. The van der Waals surface area contributed by atoms with E-state index in [0.29, 0.717) is 5.58 Å². The first-order valence-electron chi connectivity index (χ1n) is 8.58. The predicted molar refractivity (Wildman–Crippen MR) is 96.1 cm³/mol. The van der Waals surface area contributed by atoms with Crippen LogP contribution in [0.15, 0.2) is 57.7 Å². The topological polar surface area (TPSA) is 33.5 Å². The van der Waals surface area contributed by atoms with E-state index in [-0.39, 0.29) is 5.63 Å². The molecule has 3 aromatic rings. The highest BCUT2D eigenvalue weighted by Gasteiger charge is 2.17. The van der Waals surface area contributed by atoms with Gasteiger partial charge >= 0.3 is 5.63 Å². The maximum absolute atomic E-state index is 11.9. The van der Waals surface area contributed by atoms with Gasteiger partial charge in [0.05, 0.1) is 0 Å². The number of aryl methyl sites for hydroxylation is 1. The average Bonchev–Trinajstić information content (AvgIpc) is 2.61. The molecule has 2 aromatic carbocycles. The van der Waals surface area contributed by atoms with Crippen LogP contribution in [0.4, 0.5) is 0 Å². The van der Waals surface area contributed by atoms with E-state index in [0.717, 1.165) is 43.4 Å². The van der Waals surface area contributed by atoms with Crippen LogP contribution in [-0.4, -0.2) is 11.4 Å². The van der Waals surface area contributed by atoms with Crippen LogP contribution in [0.5, 0.6) is 0 Å². The quantitative estimate of drug-likeness (QED) is 0.686. The maximum Gasteiger partial charge on any atom is 0.336 e. The Kier molecular flexibility index (Phi) is 3.95. The molecule has 1 aliphatic rings. The molecular formula is C21H21NO2. The fourth-order valence-electron chi connectivity index (χ4n) is 3.56. The molecule has 1 aliphatic heterocycles. The number of hydrogen-bond acceptors (Lipinski definition) is 3. The molecule has 2 heterocycles. The zero-order valence-corrected chi connectivity index (χ0v) is 13.9. The maximum atomic E-state index is 11.9. The lowest BCUT2D eigenvalue weighted by Crippen LogP contribution is -2.30. The van der Waals surface area contributed by atoms with Gasteiger partial charge in [-0.3, -0.25) is 4.90 Å². The van der Waals surface area contributed by atoms with Crippen LogP contribution in [0.25, 0.3) is 11.0 Å². The normalized spacial score (nSPS) is 14.7. The Hall–Kier alpha value is -2.39. The minimum absolute atomic E-state index is 0.265. The summed E-state index contributed by atoms with van der Waals surface area (Å²) in [5.74, 6) is 0. The molecule has 0 radical (unpaired) electrons. The van der Waals surface area contributed by atoms with E-state index in [9.17, 15) is 4.79 Å². The van der Waals surface area contributed by atoms with Crippen molar-refractivity contribution >= 4 is 11.0 Å². The number of fused-ring (bicyclic) bond motifs is 2. The largest absolute Gasteiger partial charge is 0.423 e. The van der Waals surface area contributed by atoms with Crippen molar-refractivity contribution in [2.24, 2.45) is 0 Å². The molecule has 0 amide bonds. The van der Waals surface area contributed by atoms with E-state index in [2.05, 4.69) is 42.2 Å². The second-order valence-corrected chi connectivity index (χ2v) is 6.50. The molecule has 122 valence electrons. The molecule has 1 aromatic heterocycles. The van der Waals surface area contributed by atoms with E-state index in [1.165, 1.54) is 16.7 Å². The van der Waals surface area contributed by atoms with E-state index in [4.69, 9.17) is 4.42 Å². The molecule has 0 unspecified atom stereocenters. The van der Waals surface area contributed by atoms with Gasteiger partial charge < -0.3 is 4.42 Å². The summed E-state index contributed by atoms with van der Waals surface area (Å²) in [6.07, 6.45) is 2.04. The van der Waals surface area contributed by atoms with Gasteiger partial charge in [0, 0.05) is 31.1 Å². The number of hydrogen-bond donors (Lipinski definition) is 0. The first-order valence-corrected chi connectivity index (χ1v) is 8.58. The van der Waals surface area contributed by atoms with Gasteiger partial charge in [0.2, 0.25) is 0 Å². The fourth-order valence-corrected chi connectivity index (χ4v) is 3.56. The Morgan fingerprint density at radius 1 is 1.08 bits per heavy atom. The molecule has 24 heavy (non-hydrogen) atoms. The SMILES string of the molecule is CCc1ccc2oc(=O)cc(CN3CCc4ccccc4C3)c2c1. The third-order valence-corrected chi connectivity index (χ3v) is 4.90. The molecule has 4 rings (SSSR count). The monoisotopic (exact) mass is 319 g/mol. The van der Waals surface area contributed by atoms with Gasteiger partial charge in [-0.05, 0) is 47.2 Å². The Balaban J connectivity index is 1.68. The van der Waals surface area contributed by atoms with Gasteiger partial charge in [-0.25, -0.2) is 4.79 Å². The van der Waals surface area contributed by atoms with Gasteiger partial charge in [-0.2, -0.15) is 0 Å². The molecule has 0 N–H and O–H groups in total. The molecule has 0 spiro atoms. The van der Waals surface area contributed by atoms with Crippen molar-refractivity contribution in [3.8, 4) is 0 Å². The van der Waals surface area contributed by atoms with Crippen LogP contribution in [0.3, 0.4) is 0 Å². The highest BCUT2D eigenvalue weighted by Crippen LogP contribution is 2.24. The minimum atomic E-state index is -0.265. The van der Waals surface area contributed by atoms with Crippen LogP contribution in [0.2, 0.25) is 0 Å². The standard InChI is InChI=1S/C21H21NO2/c1-2-15-7-8-20-19(11-15)18(12-21(23)24-20)14-22-10-9-16-5-3-4-6-17(16)13-22/h3-8,11-12H,2,9-10,13-14H2,1H3. The highest BCUT2D eigenvalue weighted by molar-refractivity contribution is 5.80. The summed E-state index contributed by atoms with van der Waals surface area (Å²) in [5.41, 5.74) is 5.59. The summed E-state index contributed by atoms with van der Waals surface area (Å²) in [4.78, 5) is 14.3. The van der Waals surface area contributed by atoms with Crippen LogP contribution >= 0.6 is 0 Å². The summed E-state index contributed by atoms with van der Waals surface area (Å²) in [7, 11) is 0. The van der Waals surface area contributed by atoms with Crippen molar-refractivity contribution in [3.63, 3.8) is 0 Å². The van der Waals surface area contributed by atoms with Crippen LogP contribution in [0, 0.1) is 0 Å². The zero-order chi connectivity index (χ0) is 16.5. The van der Waals surface area contributed by atoms with Gasteiger partial charge in [0.25, 0.3) is 0 Å². The Bertz CT molecular complexity index is 942. The molecule has 0 aliphatic carbocycles. The Labute approximate surface area is 141 Å². The van der Waals surface area contributed by atoms with Crippen molar-refractivity contribution in [1.82, 2.24) is 4.90 Å². The number of benzene rings is 2. The van der Waals surface area contributed by atoms with Crippen molar-refractivity contribution < 1.29 is 4.42 Å². The van der Waals surface area contributed by atoms with Gasteiger partial charge in [-0.15, -0.1) is 0 Å². The number of nitrogens with zero attached hydrogens (tertiary/aromatic N) is 1. The van der Waals surface area contributed by atoms with Crippen molar-refractivity contribution in [2.75, 3.05) is 6.54 Å². The molecule has 0 saturated carbocycles. The molecule has 0 fully saturated rings. The summed E-state index contributed by atoms with van der Waals surface area (Å²) in [5, 5.41) is 1.06. The van der Waals surface area contributed by atoms with E-state index < -0.39 is 0 Å². The molecule has 3 nitrogen and oxygen atoms in total. The predicted octanol–water partition coefficient (Wildman–Crippen LogP) is 3.91. The second kappa shape index (κ2) is 6.25. The van der Waals surface area contributed by atoms with E-state index in [1.807, 2.05) is 12.1 Å². The fraction of sp³-hybridized carbons (Fsp3) is 0.286. The molecule has 3 heteroatoms. The molecule has 0 atom stereocenters. The summed E-state index contributed by atoms with van der Waals surface area (Å²) in [6.45, 7) is 4.88. The molecule has 0 saturated heterocycles. The van der Waals surface area contributed by atoms with Gasteiger partial charge in [0.15, 0.2) is 0 Å².